The topological polar surface area (TPSA) is 36.4 Å². The maximum atomic E-state index is 9.18. The third-order valence-corrected chi connectivity index (χ3v) is 3.53. The second-order valence-corrected chi connectivity index (χ2v) is 4.74. The van der Waals surface area contributed by atoms with Crippen molar-refractivity contribution in [3.05, 3.63) is 22.8 Å². The van der Waals surface area contributed by atoms with Gasteiger partial charge < -0.3 is 10.0 Å². The second-order valence-electron chi connectivity index (χ2n) is 4.33. The summed E-state index contributed by atoms with van der Waals surface area (Å²) >= 11 is 5.93. The van der Waals surface area contributed by atoms with E-state index < -0.39 is 0 Å². The van der Waals surface area contributed by atoms with E-state index in [1.807, 2.05) is 6.07 Å². The third-order valence-electron chi connectivity index (χ3n) is 3.19. The van der Waals surface area contributed by atoms with Crippen molar-refractivity contribution in [2.24, 2.45) is 0 Å². The molecule has 1 saturated heterocycles. The van der Waals surface area contributed by atoms with Gasteiger partial charge in [0.1, 0.15) is 5.82 Å². The fourth-order valence-corrected chi connectivity index (χ4v) is 2.35. The van der Waals surface area contributed by atoms with Crippen LogP contribution in [0.25, 0.3) is 0 Å². The zero-order valence-electron chi connectivity index (χ0n) is 9.49. The summed E-state index contributed by atoms with van der Waals surface area (Å²) in [6, 6.07) is 2.42. The molecule has 1 N–H and O–H groups in total. The molecule has 1 aromatic rings. The Balaban J connectivity index is 2.25. The summed E-state index contributed by atoms with van der Waals surface area (Å²) in [6.07, 6.45) is 5.34. The standard InChI is InChI=1S/C12H17ClN2O/c1-9-4-2-3-5-15(9)12-6-10(8-16)11(13)7-14-12/h6-7,9,16H,2-5,8H2,1H3. The average molecular weight is 241 g/mol. The minimum absolute atomic E-state index is 0.0312. The molecule has 3 nitrogen and oxygen atoms in total. The first kappa shape index (κ1) is 11.7. The van der Waals surface area contributed by atoms with Gasteiger partial charge in [0.15, 0.2) is 0 Å². The van der Waals surface area contributed by atoms with E-state index >= 15 is 0 Å². The van der Waals surface area contributed by atoms with Crippen LogP contribution < -0.4 is 4.90 Å². The number of rotatable bonds is 2. The first-order valence-corrected chi connectivity index (χ1v) is 6.12. The van der Waals surface area contributed by atoms with E-state index in [4.69, 9.17) is 11.6 Å². The van der Waals surface area contributed by atoms with Gasteiger partial charge in [-0.25, -0.2) is 4.98 Å². The molecule has 0 bridgehead atoms. The lowest BCUT2D eigenvalue weighted by Gasteiger charge is -2.34. The molecule has 2 rings (SSSR count). The van der Waals surface area contributed by atoms with Crippen LogP contribution in [0, 0.1) is 0 Å². The molecule has 1 aliphatic rings. The fourth-order valence-electron chi connectivity index (χ4n) is 2.18. The summed E-state index contributed by atoms with van der Waals surface area (Å²) < 4.78 is 0. The van der Waals surface area contributed by atoms with Gasteiger partial charge in [-0.2, -0.15) is 0 Å². The number of piperidine rings is 1. The Labute approximate surface area is 101 Å². The van der Waals surface area contributed by atoms with Crippen LogP contribution in [-0.4, -0.2) is 22.7 Å². The Morgan fingerprint density at radius 2 is 2.38 bits per heavy atom. The Bertz CT molecular complexity index is 370. The Morgan fingerprint density at radius 1 is 1.56 bits per heavy atom. The largest absolute Gasteiger partial charge is 0.392 e. The van der Waals surface area contributed by atoms with E-state index in [0.29, 0.717) is 11.1 Å². The van der Waals surface area contributed by atoms with Gasteiger partial charge in [0.2, 0.25) is 0 Å². The highest BCUT2D eigenvalue weighted by Crippen LogP contribution is 2.26. The van der Waals surface area contributed by atoms with Crippen molar-refractivity contribution in [3.8, 4) is 0 Å². The maximum absolute atomic E-state index is 9.18. The van der Waals surface area contributed by atoms with E-state index in [9.17, 15) is 5.11 Å². The van der Waals surface area contributed by atoms with Crippen molar-refractivity contribution in [2.75, 3.05) is 11.4 Å². The lowest BCUT2D eigenvalue weighted by atomic mass is 10.0. The molecular formula is C12H17ClN2O. The zero-order valence-corrected chi connectivity index (χ0v) is 10.2. The molecule has 0 spiro atoms. The van der Waals surface area contributed by atoms with Gasteiger partial charge in [0.25, 0.3) is 0 Å². The predicted octanol–water partition coefficient (Wildman–Crippen LogP) is 2.61. The lowest BCUT2D eigenvalue weighted by Crippen LogP contribution is -2.38. The Hall–Kier alpha value is -0.800. The van der Waals surface area contributed by atoms with Crippen LogP contribution in [0.2, 0.25) is 5.02 Å². The van der Waals surface area contributed by atoms with Crippen LogP contribution in [-0.2, 0) is 6.61 Å². The minimum atomic E-state index is -0.0312. The molecular weight excluding hydrogens is 224 g/mol. The molecule has 1 unspecified atom stereocenters. The number of anilines is 1. The van der Waals surface area contributed by atoms with Gasteiger partial charge in [-0.3, -0.25) is 0 Å². The Kier molecular flexibility index (Phi) is 3.66. The van der Waals surface area contributed by atoms with Gasteiger partial charge in [0.05, 0.1) is 11.6 Å². The van der Waals surface area contributed by atoms with Crippen LogP contribution in [0.3, 0.4) is 0 Å². The average Bonchev–Trinajstić information content (AvgIpc) is 2.31. The van der Waals surface area contributed by atoms with E-state index in [1.54, 1.807) is 6.20 Å². The normalized spacial score (nSPS) is 21.2. The summed E-state index contributed by atoms with van der Waals surface area (Å²) in [5.74, 6) is 0.931. The van der Waals surface area contributed by atoms with Crippen LogP contribution in [0.4, 0.5) is 5.82 Å². The van der Waals surface area contributed by atoms with Crippen LogP contribution in [0.5, 0.6) is 0 Å². The van der Waals surface area contributed by atoms with Crippen molar-refractivity contribution in [2.45, 2.75) is 38.8 Å². The highest BCUT2D eigenvalue weighted by molar-refractivity contribution is 6.31. The molecule has 0 saturated carbocycles. The summed E-state index contributed by atoms with van der Waals surface area (Å²) in [4.78, 5) is 6.63. The minimum Gasteiger partial charge on any atom is -0.392 e. The zero-order chi connectivity index (χ0) is 11.5. The van der Waals surface area contributed by atoms with E-state index in [1.165, 1.54) is 19.3 Å². The molecule has 2 heterocycles. The molecule has 88 valence electrons. The smallest absolute Gasteiger partial charge is 0.129 e. The molecule has 4 heteroatoms. The molecule has 0 aliphatic carbocycles. The first-order valence-electron chi connectivity index (χ1n) is 5.74. The number of aliphatic hydroxyl groups excluding tert-OH is 1. The van der Waals surface area contributed by atoms with Gasteiger partial charge in [0, 0.05) is 24.3 Å². The summed E-state index contributed by atoms with van der Waals surface area (Å²) in [7, 11) is 0. The number of aliphatic hydroxyl groups is 1. The van der Waals surface area contributed by atoms with Crippen LogP contribution in [0.15, 0.2) is 12.3 Å². The highest BCUT2D eigenvalue weighted by Gasteiger charge is 2.20. The molecule has 0 radical (unpaired) electrons. The predicted molar refractivity (Wildman–Crippen MR) is 65.8 cm³/mol. The van der Waals surface area contributed by atoms with Crippen LogP contribution in [0.1, 0.15) is 31.7 Å². The molecule has 1 atom stereocenters. The van der Waals surface area contributed by atoms with Crippen molar-refractivity contribution in [1.29, 1.82) is 0 Å². The van der Waals surface area contributed by atoms with Crippen molar-refractivity contribution < 1.29 is 5.11 Å². The van der Waals surface area contributed by atoms with Gasteiger partial charge >= 0.3 is 0 Å². The Morgan fingerprint density at radius 3 is 3.06 bits per heavy atom. The van der Waals surface area contributed by atoms with Gasteiger partial charge in [-0.1, -0.05) is 11.6 Å². The monoisotopic (exact) mass is 240 g/mol. The number of aromatic nitrogens is 1. The molecule has 1 aliphatic heterocycles. The molecule has 0 aromatic carbocycles. The fraction of sp³-hybridized carbons (Fsp3) is 0.583. The van der Waals surface area contributed by atoms with Crippen molar-refractivity contribution >= 4 is 17.4 Å². The molecule has 1 aromatic heterocycles. The third kappa shape index (κ3) is 2.30. The molecule has 1 fully saturated rings. The van der Waals surface area contributed by atoms with E-state index in [0.717, 1.165) is 17.9 Å². The number of hydrogen-bond acceptors (Lipinski definition) is 3. The quantitative estimate of drug-likeness (QED) is 0.863. The summed E-state index contributed by atoms with van der Waals surface area (Å²) in [5.41, 5.74) is 0.754. The SMILES string of the molecule is CC1CCCCN1c1cc(CO)c(Cl)cn1. The van der Waals surface area contributed by atoms with Crippen molar-refractivity contribution in [1.82, 2.24) is 4.98 Å². The molecule has 16 heavy (non-hydrogen) atoms. The number of hydrogen-bond donors (Lipinski definition) is 1. The number of halogens is 1. The highest BCUT2D eigenvalue weighted by atomic mass is 35.5. The second kappa shape index (κ2) is 5.02. The maximum Gasteiger partial charge on any atom is 0.129 e. The van der Waals surface area contributed by atoms with E-state index in [-0.39, 0.29) is 6.61 Å². The molecule has 0 amide bonds. The van der Waals surface area contributed by atoms with Crippen molar-refractivity contribution in [3.63, 3.8) is 0 Å². The number of pyridine rings is 1. The number of nitrogens with zero attached hydrogens (tertiary/aromatic N) is 2. The van der Waals surface area contributed by atoms with Gasteiger partial charge in [-0.05, 0) is 32.3 Å². The first-order chi connectivity index (χ1) is 7.72. The lowest BCUT2D eigenvalue weighted by molar-refractivity contribution is 0.282. The van der Waals surface area contributed by atoms with Crippen LogP contribution >= 0.6 is 11.6 Å². The summed E-state index contributed by atoms with van der Waals surface area (Å²) in [5, 5.41) is 9.71. The summed E-state index contributed by atoms with van der Waals surface area (Å²) in [6.45, 7) is 3.23. The van der Waals surface area contributed by atoms with Gasteiger partial charge in [-0.15, -0.1) is 0 Å². The van der Waals surface area contributed by atoms with E-state index in [2.05, 4.69) is 16.8 Å².